The molecule has 0 aliphatic rings. The Hall–Kier alpha value is -2.51. The summed E-state index contributed by atoms with van der Waals surface area (Å²) < 4.78 is 26.3. The van der Waals surface area contributed by atoms with E-state index in [0.717, 1.165) is 11.1 Å². The van der Waals surface area contributed by atoms with E-state index in [9.17, 15) is 18.0 Å². The second-order valence-corrected chi connectivity index (χ2v) is 8.31. The van der Waals surface area contributed by atoms with Crippen LogP contribution in [0.15, 0.2) is 41.3 Å². The third-order valence-electron chi connectivity index (χ3n) is 4.44. The van der Waals surface area contributed by atoms with Gasteiger partial charge in [-0.25, -0.2) is 13.1 Å². The Morgan fingerprint density at radius 2 is 1.56 bits per heavy atom. The second-order valence-electron chi connectivity index (χ2n) is 6.46. The van der Waals surface area contributed by atoms with Gasteiger partial charge in [0.05, 0.1) is 4.90 Å². The first-order valence-electron chi connectivity index (χ1n) is 8.58. The van der Waals surface area contributed by atoms with Crippen LogP contribution in [-0.4, -0.2) is 27.2 Å². The number of hydrogen-bond donors (Lipinski definition) is 2. The summed E-state index contributed by atoms with van der Waals surface area (Å²) in [6, 6.07) is 10.1. The van der Waals surface area contributed by atoms with E-state index < -0.39 is 10.0 Å². The maximum Gasteiger partial charge on any atom is 0.240 e. The minimum absolute atomic E-state index is 0.0216. The van der Waals surface area contributed by atoms with E-state index in [1.165, 1.54) is 13.1 Å². The van der Waals surface area contributed by atoms with Crippen LogP contribution in [-0.2, 0) is 14.8 Å². The molecule has 27 heavy (non-hydrogen) atoms. The summed E-state index contributed by atoms with van der Waals surface area (Å²) in [4.78, 5) is 24.5. The number of Topliss-reactive ketones (excluding diaryl/α,β-unsaturated/α-hetero) is 1. The SMILES string of the molecule is CNS(=O)(=O)c1cc(NC(=O)CCC(=O)c2ccc(C)c(C)c2)ccc1C. The van der Waals surface area contributed by atoms with Crippen molar-refractivity contribution < 1.29 is 18.0 Å². The number of carbonyl (C=O) groups excluding carboxylic acids is 2. The minimum atomic E-state index is -3.61. The average molecular weight is 388 g/mol. The molecule has 0 spiro atoms. The zero-order valence-corrected chi connectivity index (χ0v) is 16.7. The molecule has 0 unspecified atom stereocenters. The van der Waals surface area contributed by atoms with Gasteiger partial charge >= 0.3 is 0 Å². The summed E-state index contributed by atoms with van der Waals surface area (Å²) in [5.41, 5.74) is 3.67. The van der Waals surface area contributed by atoms with Gasteiger partial charge in [0.15, 0.2) is 5.78 Å². The molecule has 0 saturated heterocycles. The van der Waals surface area contributed by atoms with Gasteiger partial charge in [0.2, 0.25) is 15.9 Å². The van der Waals surface area contributed by atoms with Crippen LogP contribution in [0.5, 0.6) is 0 Å². The first-order chi connectivity index (χ1) is 12.6. The van der Waals surface area contributed by atoms with Crippen molar-refractivity contribution in [3.8, 4) is 0 Å². The van der Waals surface area contributed by atoms with Crippen molar-refractivity contribution in [2.24, 2.45) is 0 Å². The summed E-state index contributed by atoms with van der Waals surface area (Å²) in [6.45, 7) is 5.59. The van der Waals surface area contributed by atoms with Gasteiger partial charge in [0.1, 0.15) is 0 Å². The van der Waals surface area contributed by atoms with E-state index >= 15 is 0 Å². The fourth-order valence-corrected chi connectivity index (χ4v) is 3.58. The van der Waals surface area contributed by atoms with Crippen LogP contribution >= 0.6 is 0 Å². The Balaban J connectivity index is 2.02. The van der Waals surface area contributed by atoms with Gasteiger partial charge in [0, 0.05) is 24.1 Å². The Bertz CT molecular complexity index is 981. The van der Waals surface area contributed by atoms with Gasteiger partial charge in [-0.1, -0.05) is 18.2 Å². The van der Waals surface area contributed by atoms with Crippen molar-refractivity contribution in [1.29, 1.82) is 0 Å². The standard InChI is InChI=1S/C20H24N2O4S/c1-13-5-7-16(11-15(13)3)18(23)9-10-20(24)22-17-8-6-14(2)19(12-17)27(25,26)21-4/h5-8,11-12,21H,9-10H2,1-4H3,(H,22,24). The molecule has 7 heteroatoms. The molecule has 0 aliphatic carbocycles. The molecule has 144 valence electrons. The Labute approximate surface area is 160 Å². The highest BCUT2D eigenvalue weighted by atomic mass is 32.2. The van der Waals surface area contributed by atoms with Crippen LogP contribution in [0.1, 0.15) is 39.9 Å². The van der Waals surface area contributed by atoms with Crippen LogP contribution in [0, 0.1) is 20.8 Å². The first kappa shape index (κ1) is 20.8. The zero-order valence-electron chi connectivity index (χ0n) is 15.9. The molecule has 0 bridgehead atoms. The smallest absolute Gasteiger partial charge is 0.240 e. The lowest BCUT2D eigenvalue weighted by atomic mass is 10.0. The summed E-state index contributed by atoms with van der Waals surface area (Å²) in [5.74, 6) is -0.445. The average Bonchev–Trinajstić information content (AvgIpc) is 2.63. The van der Waals surface area contributed by atoms with E-state index in [4.69, 9.17) is 0 Å². The Morgan fingerprint density at radius 1 is 0.889 bits per heavy atom. The highest BCUT2D eigenvalue weighted by molar-refractivity contribution is 7.89. The Kier molecular flexibility index (Phi) is 6.51. The lowest BCUT2D eigenvalue weighted by Gasteiger charge is -2.10. The van der Waals surface area contributed by atoms with Crippen LogP contribution in [0.2, 0.25) is 0 Å². The number of sulfonamides is 1. The molecule has 0 aromatic heterocycles. The molecule has 6 nitrogen and oxygen atoms in total. The number of hydrogen-bond acceptors (Lipinski definition) is 4. The van der Waals surface area contributed by atoms with Crippen LogP contribution in [0.4, 0.5) is 5.69 Å². The quantitative estimate of drug-likeness (QED) is 0.713. The van der Waals surface area contributed by atoms with E-state index in [2.05, 4.69) is 10.0 Å². The second kappa shape index (κ2) is 8.45. The van der Waals surface area contributed by atoms with Gasteiger partial charge in [-0.2, -0.15) is 0 Å². The molecular weight excluding hydrogens is 364 g/mol. The maximum atomic E-state index is 12.3. The fourth-order valence-electron chi connectivity index (χ4n) is 2.59. The third-order valence-corrected chi connectivity index (χ3v) is 5.99. The van der Waals surface area contributed by atoms with E-state index in [1.807, 2.05) is 26.0 Å². The largest absolute Gasteiger partial charge is 0.326 e. The third kappa shape index (κ3) is 5.24. The molecule has 0 aliphatic heterocycles. The molecule has 1 amide bonds. The van der Waals surface area contributed by atoms with Crippen molar-refractivity contribution in [3.63, 3.8) is 0 Å². The molecule has 2 rings (SSSR count). The predicted octanol–water partition coefficient (Wildman–Crippen LogP) is 3.12. The van der Waals surface area contributed by atoms with Gasteiger partial charge in [0.25, 0.3) is 0 Å². The maximum absolute atomic E-state index is 12.3. The van der Waals surface area contributed by atoms with Crippen molar-refractivity contribution >= 4 is 27.4 Å². The van der Waals surface area contributed by atoms with Gasteiger partial charge in [-0.3, -0.25) is 9.59 Å². The summed E-state index contributed by atoms with van der Waals surface area (Å²) in [5, 5.41) is 2.65. The molecule has 2 N–H and O–H groups in total. The molecule has 0 heterocycles. The van der Waals surface area contributed by atoms with Crippen LogP contribution < -0.4 is 10.0 Å². The van der Waals surface area contributed by atoms with Gasteiger partial charge in [-0.15, -0.1) is 0 Å². The molecule has 2 aromatic carbocycles. The molecule has 2 aromatic rings. The topological polar surface area (TPSA) is 92.3 Å². The van der Waals surface area contributed by atoms with Crippen molar-refractivity contribution in [3.05, 3.63) is 58.7 Å². The number of ketones is 1. The number of benzene rings is 2. The van der Waals surface area contributed by atoms with Crippen LogP contribution in [0.3, 0.4) is 0 Å². The van der Waals surface area contributed by atoms with E-state index in [-0.39, 0.29) is 29.4 Å². The molecular formula is C20H24N2O4S. The number of nitrogens with one attached hydrogen (secondary N) is 2. The van der Waals surface area contributed by atoms with Gasteiger partial charge < -0.3 is 5.32 Å². The van der Waals surface area contributed by atoms with Crippen LogP contribution in [0.25, 0.3) is 0 Å². The highest BCUT2D eigenvalue weighted by Crippen LogP contribution is 2.20. The summed E-state index contributed by atoms with van der Waals surface area (Å²) in [7, 11) is -2.28. The Morgan fingerprint density at radius 3 is 2.19 bits per heavy atom. The van der Waals surface area contributed by atoms with E-state index in [0.29, 0.717) is 16.8 Å². The first-order valence-corrected chi connectivity index (χ1v) is 10.1. The predicted molar refractivity (Wildman–Crippen MR) is 106 cm³/mol. The van der Waals surface area contributed by atoms with Crippen molar-refractivity contribution in [1.82, 2.24) is 4.72 Å². The molecule has 0 saturated carbocycles. The summed E-state index contributed by atoms with van der Waals surface area (Å²) in [6.07, 6.45) is 0.107. The minimum Gasteiger partial charge on any atom is -0.326 e. The monoisotopic (exact) mass is 388 g/mol. The normalized spacial score (nSPS) is 11.3. The van der Waals surface area contributed by atoms with Crippen molar-refractivity contribution in [2.45, 2.75) is 38.5 Å². The number of anilines is 1. The summed E-state index contributed by atoms with van der Waals surface area (Å²) >= 11 is 0. The fraction of sp³-hybridized carbons (Fsp3) is 0.300. The molecule has 0 fully saturated rings. The lowest BCUT2D eigenvalue weighted by Crippen LogP contribution is -2.20. The molecule has 0 radical (unpaired) electrons. The number of amides is 1. The number of rotatable bonds is 7. The lowest BCUT2D eigenvalue weighted by molar-refractivity contribution is -0.116. The number of carbonyl (C=O) groups is 2. The molecule has 0 atom stereocenters. The van der Waals surface area contributed by atoms with Crippen molar-refractivity contribution in [2.75, 3.05) is 12.4 Å². The highest BCUT2D eigenvalue weighted by Gasteiger charge is 2.16. The van der Waals surface area contributed by atoms with E-state index in [1.54, 1.807) is 25.1 Å². The van der Waals surface area contributed by atoms with Gasteiger partial charge in [-0.05, 0) is 62.7 Å². The number of aryl methyl sites for hydroxylation is 3. The zero-order chi connectivity index (χ0) is 20.2.